The van der Waals surface area contributed by atoms with Crippen molar-refractivity contribution in [3.63, 3.8) is 0 Å². The molecule has 5 heterocycles. The van der Waals surface area contributed by atoms with E-state index in [2.05, 4.69) is 28.5 Å². The zero-order chi connectivity index (χ0) is 22.3. The van der Waals surface area contributed by atoms with Crippen LogP contribution in [0.1, 0.15) is 37.8 Å². The maximum absolute atomic E-state index is 13.0. The van der Waals surface area contributed by atoms with Gasteiger partial charge in [0, 0.05) is 49.7 Å². The first kappa shape index (κ1) is 20.5. The number of nitrogens with one attached hydrogen (secondary N) is 1. The molecule has 0 atom stereocenters. The second kappa shape index (κ2) is 7.95. The van der Waals surface area contributed by atoms with Gasteiger partial charge in [0.25, 0.3) is 0 Å². The average molecular weight is 434 g/mol. The molecule has 2 aliphatic heterocycles. The fourth-order valence-corrected chi connectivity index (χ4v) is 4.81. The van der Waals surface area contributed by atoms with E-state index in [0.717, 1.165) is 56.6 Å². The van der Waals surface area contributed by atoms with Gasteiger partial charge in [-0.25, -0.2) is 4.52 Å². The van der Waals surface area contributed by atoms with Gasteiger partial charge in [-0.1, -0.05) is 6.92 Å². The van der Waals surface area contributed by atoms with E-state index in [9.17, 15) is 10.1 Å². The second-order valence-electron chi connectivity index (χ2n) is 8.73. The molecule has 0 saturated carbocycles. The van der Waals surface area contributed by atoms with Gasteiger partial charge in [0.05, 0.1) is 31.0 Å². The number of nitrogens with zero attached hydrogens (tertiary/aromatic N) is 6. The summed E-state index contributed by atoms with van der Waals surface area (Å²) >= 11 is 0. The van der Waals surface area contributed by atoms with Crippen LogP contribution >= 0.6 is 0 Å². The smallest absolute Gasteiger partial charge is 0.231 e. The lowest BCUT2D eigenvalue weighted by Crippen LogP contribution is -2.62. The fraction of sp³-hybridized carbons (Fsp3) is 0.478. The minimum atomic E-state index is -0.193. The summed E-state index contributed by atoms with van der Waals surface area (Å²) < 4.78 is 9.20. The van der Waals surface area contributed by atoms with E-state index in [1.807, 2.05) is 34.2 Å². The molecule has 2 fully saturated rings. The van der Waals surface area contributed by atoms with Crippen molar-refractivity contribution in [2.75, 3.05) is 33.3 Å². The molecular weight excluding hydrogens is 406 g/mol. The van der Waals surface area contributed by atoms with Crippen molar-refractivity contribution >= 4 is 11.4 Å². The summed E-state index contributed by atoms with van der Waals surface area (Å²) in [5, 5.41) is 21.5. The van der Waals surface area contributed by atoms with Crippen molar-refractivity contribution in [2.24, 2.45) is 5.41 Å². The highest BCUT2D eigenvalue weighted by Gasteiger charge is 2.45. The van der Waals surface area contributed by atoms with Crippen molar-refractivity contribution in [1.29, 1.82) is 5.26 Å². The predicted molar refractivity (Wildman–Crippen MR) is 118 cm³/mol. The van der Waals surface area contributed by atoms with Gasteiger partial charge < -0.3 is 15.0 Å². The maximum Gasteiger partial charge on any atom is 0.231 e. The Bertz CT molecular complexity index is 1190. The molecule has 0 aliphatic carbocycles. The number of methoxy groups -OCH3 is 1. The van der Waals surface area contributed by atoms with E-state index in [1.54, 1.807) is 17.8 Å². The van der Waals surface area contributed by atoms with Gasteiger partial charge >= 0.3 is 0 Å². The highest BCUT2D eigenvalue weighted by molar-refractivity contribution is 5.84. The molecule has 1 N–H and O–H groups in total. The molecule has 0 unspecified atom stereocenters. The molecule has 32 heavy (non-hydrogen) atoms. The molecule has 5 rings (SSSR count). The third-order valence-electron chi connectivity index (χ3n) is 7.04. The van der Waals surface area contributed by atoms with Crippen molar-refractivity contribution in [2.45, 2.75) is 32.2 Å². The van der Waals surface area contributed by atoms with E-state index in [4.69, 9.17) is 4.74 Å². The topological polar surface area (TPSA) is 100 Å². The quantitative estimate of drug-likeness (QED) is 0.662. The number of carbonyl (C=O) groups excluding carboxylic acids is 1. The van der Waals surface area contributed by atoms with Crippen LogP contribution in [0.5, 0.6) is 5.75 Å². The van der Waals surface area contributed by atoms with Gasteiger partial charge in [-0.3, -0.25) is 9.48 Å². The standard InChI is InChI=1S/C23H27N7O2/c1-3-23(14-25-15-23)22(31)28-6-4-19(5-7-28)29-13-18(11-26-29)16-8-20(32-2)21-17(9-24)10-27-30(21)12-16/h8,10-13,19,25H,3-7,14-15H2,1-2H3. The van der Waals surface area contributed by atoms with Crippen LogP contribution in [0.25, 0.3) is 16.6 Å². The number of aromatic nitrogens is 4. The van der Waals surface area contributed by atoms with Gasteiger partial charge in [0.1, 0.15) is 22.9 Å². The minimum Gasteiger partial charge on any atom is -0.494 e. The number of piperidine rings is 1. The average Bonchev–Trinajstić information content (AvgIpc) is 3.45. The third kappa shape index (κ3) is 3.22. The van der Waals surface area contributed by atoms with E-state index >= 15 is 0 Å². The second-order valence-corrected chi connectivity index (χ2v) is 8.73. The largest absolute Gasteiger partial charge is 0.494 e. The molecule has 1 amide bonds. The summed E-state index contributed by atoms with van der Waals surface area (Å²) in [6, 6.07) is 4.33. The van der Waals surface area contributed by atoms with Gasteiger partial charge in [-0.2, -0.15) is 15.5 Å². The van der Waals surface area contributed by atoms with Crippen LogP contribution in [0, 0.1) is 16.7 Å². The first-order chi connectivity index (χ1) is 15.6. The van der Waals surface area contributed by atoms with Crippen molar-refractivity contribution in [3.8, 4) is 22.9 Å². The van der Waals surface area contributed by atoms with E-state index in [-0.39, 0.29) is 11.5 Å². The predicted octanol–water partition coefficient (Wildman–Crippen LogP) is 2.24. The van der Waals surface area contributed by atoms with Crippen LogP contribution < -0.4 is 10.1 Å². The van der Waals surface area contributed by atoms with Crippen LogP contribution in [-0.2, 0) is 4.79 Å². The lowest BCUT2D eigenvalue weighted by Gasteiger charge is -2.45. The Labute approximate surface area is 186 Å². The Morgan fingerprint density at radius 1 is 1.25 bits per heavy atom. The summed E-state index contributed by atoms with van der Waals surface area (Å²) in [7, 11) is 1.59. The number of hydrogen-bond acceptors (Lipinski definition) is 6. The Balaban J connectivity index is 1.32. The zero-order valence-corrected chi connectivity index (χ0v) is 18.4. The highest BCUT2D eigenvalue weighted by atomic mass is 16.5. The summed E-state index contributed by atoms with van der Waals surface area (Å²) in [6.45, 7) is 5.23. The van der Waals surface area contributed by atoms with Gasteiger partial charge in [-0.05, 0) is 25.3 Å². The summed E-state index contributed by atoms with van der Waals surface area (Å²) in [5.41, 5.74) is 2.83. The first-order valence-electron chi connectivity index (χ1n) is 11.1. The molecule has 9 nitrogen and oxygen atoms in total. The molecule has 2 saturated heterocycles. The van der Waals surface area contributed by atoms with Gasteiger partial charge in [-0.15, -0.1) is 0 Å². The Morgan fingerprint density at radius 3 is 2.66 bits per heavy atom. The Hall–Kier alpha value is -3.38. The third-order valence-corrected chi connectivity index (χ3v) is 7.04. The number of amides is 1. The number of fused-ring (bicyclic) bond motifs is 1. The Kier molecular flexibility index (Phi) is 5.10. The van der Waals surface area contributed by atoms with E-state index in [0.29, 0.717) is 22.7 Å². The zero-order valence-electron chi connectivity index (χ0n) is 18.4. The summed E-state index contributed by atoms with van der Waals surface area (Å²) in [5.74, 6) is 0.904. The summed E-state index contributed by atoms with van der Waals surface area (Å²) in [4.78, 5) is 15.0. The molecule has 0 radical (unpaired) electrons. The fourth-order valence-electron chi connectivity index (χ4n) is 4.81. The molecule has 0 aromatic carbocycles. The van der Waals surface area contributed by atoms with Crippen molar-refractivity contribution in [1.82, 2.24) is 29.6 Å². The van der Waals surface area contributed by atoms with Crippen LogP contribution in [0.2, 0.25) is 0 Å². The van der Waals surface area contributed by atoms with Crippen LogP contribution in [0.3, 0.4) is 0 Å². The molecule has 0 bridgehead atoms. The molecule has 0 spiro atoms. The van der Waals surface area contributed by atoms with Crippen molar-refractivity contribution in [3.05, 3.63) is 36.4 Å². The number of rotatable bonds is 5. The van der Waals surface area contributed by atoms with Crippen molar-refractivity contribution < 1.29 is 9.53 Å². The van der Waals surface area contributed by atoms with Crippen LogP contribution in [0.4, 0.5) is 0 Å². The number of likely N-dealkylation sites (tertiary alicyclic amines) is 1. The lowest BCUT2D eigenvalue weighted by molar-refractivity contribution is -0.147. The molecule has 3 aromatic heterocycles. The molecule has 9 heteroatoms. The number of ether oxygens (including phenoxy) is 1. The van der Waals surface area contributed by atoms with Gasteiger partial charge in [0.15, 0.2) is 0 Å². The van der Waals surface area contributed by atoms with E-state index < -0.39 is 0 Å². The summed E-state index contributed by atoms with van der Waals surface area (Å²) in [6.07, 6.45) is 10.0. The molecule has 3 aromatic rings. The SMILES string of the molecule is CCC1(C(=O)N2CCC(n3cc(-c4cc(OC)c5c(C#N)cnn5c4)cn3)CC2)CNC1. The van der Waals surface area contributed by atoms with E-state index in [1.165, 1.54) is 0 Å². The minimum absolute atomic E-state index is 0.193. The number of carbonyl (C=O) groups is 1. The van der Waals surface area contributed by atoms with Gasteiger partial charge in [0.2, 0.25) is 5.91 Å². The van der Waals surface area contributed by atoms with Crippen LogP contribution in [0.15, 0.2) is 30.9 Å². The normalized spacial score (nSPS) is 18.3. The number of nitriles is 1. The molecular formula is C23H27N7O2. The number of hydrogen-bond donors (Lipinski definition) is 1. The number of pyridine rings is 1. The molecule has 2 aliphatic rings. The Morgan fingerprint density at radius 2 is 2.03 bits per heavy atom. The maximum atomic E-state index is 13.0. The monoisotopic (exact) mass is 433 g/mol. The van der Waals surface area contributed by atoms with Crippen LogP contribution in [-0.4, -0.2) is 63.5 Å². The lowest BCUT2D eigenvalue weighted by atomic mass is 9.77. The first-order valence-corrected chi connectivity index (χ1v) is 11.1. The highest BCUT2D eigenvalue weighted by Crippen LogP contribution is 2.33. The molecule has 166 valence electrons.